The van der Waals surface area contributed by atoms with E-state index in [2.05, 4.69) is 10.3 Å². The van der Waals surface area contributed by atoms with Crippen molar-refractivity contribution in [3.63, 3.8) is 0 Å². The van der Waals surface area contributed by atoms with Gasteiger partial charge in [-0.05, 0) is 43.7 Å². The van der Waals surface area contributed by atoms with Gasteiger partial charge in [-0.3, -0.25) is 9.59 Å². The van der Waals surface area contributed by atoms with Crippen LogP contribution < -0.4 is 11.1 Å². The van der Waals surface area contributed by atoms with E-state index in [4.69, 9.17) is 5.73 Å². The van der Waals surface area contributed by atoms with E-state index in [1.165, 1.54) is 0 Å². The van der Waals surface area contributed by atoms with E-state index in [9.17, 15) is 9.59 Å². The lowest BCUT2D eigenvalue weighted by Gasteiger charge is -2.15. The van der Waals surface area contributed by atoms with Crippen molar-refractivity contribution in [2.24, 2.45) is 11.7 Å². The summed E-state index contributed by atoms with van der Waals surface area (Å²) in [4.78, 5) is 30.4. The monoisotopic (exact) mass is 302 g/mol. The molecule has 2 aliphatic rings. The molecule has 1 atom stereocenters. The topological polar surface area (TPSA) is 88.3 Å². The predicted octanol–water partition coefficient (Wildman–Crippen LogP) is 0.785. The molecule has 1 aromatic heterocycles. The zero-order valence-corrected chi connectivity index (χ0v) is 12.6. The van der Waals surface area contributed by atoms with Crippen molar-refractivity contribution in [3.05, 3.63) is 29.6 Å². The first-order valence-electron chi connectivity index (χ1n) is 7.95. The minimum atomic E-state index is -0.271. The van der Waals surface area contributed by atoms with Crippen LogP contribution >= 0.6 is 0 Å². The molecule has 1 aromatic rings. The Morgan fingerprint density at radius 1 is 1.27 bits per heavy atom. The Morgan fingerprint density at radius 3 is 2.64 bits per heavy atom. The molecule has 1 unspecified atom stereocenters. The number of carbonyl (C=O) groups is 2. The SMILES string of the molecule is NC(CNC(=O)c1cccc(C(=O)N2CCCC2)n1)C1CC1. The van der Waals surface area contributed by atoms with Crippen molar-refractivity contribution >= 4 is 11.8 Å². The first-order valence-corrected chi connectivity index (χ1v) is 7.95. The molecule has 1 aliphatic heterocycles. The summed E-state index contributed by atoms with van der Waals surface area (Å²) in [5.74, 6) is 0.172. The zero-order valence-electron chi connectivity index (χ0n) is 12.6. The number of hydrogen-bond acceptors (Lipinski definition) is 4. The number of aromatic nitrogens is 1. The van der Waals surface area contributed by atoms with Crippen molar-refractivity contribution in [1.29, 1.82) is 0 Å². The maximum Gasteiger partial charge on any atom is 0.272 e. The molecule has 0 aromatic carbocycles. The predicted molar refractivity (Wildman–Crippen MR) is 82.4 cm³/mol. The highest BCUT2D eigenvalue weighted by Crippen LogP contribution is 2.31. The molecule has 0 bridgehead atoms. The van der Waals surface area contributed by atoms with Gasteiger partial charge in [-0.2, -0.15) is 0 Å². The second kappa shape index (κ2) is 6.44. The summed E-state index contributed by atoms with van der Waals surface area (Å²) in [5.41, 5.74) is 6.58. The van der Waals surface area contributed by atoms with Crippen molar-refractivity contribution in [1.82, 2.24) is 15.2 Å². The molecule has 3 N–H and O–H groups in total. The van der Waals surface area contributed by atoms with Crippen LogP contribution in [-0.2, 0) is 0 Å². The van der Waals surface area contributed by atoms with Crippen LogP contribution in [0.2, 0.25) is 0 Å². The van der Waals surface area contributed by atoms with Crippen molar-refractivity contribution in [3.8, 4) is 0 Å². The number of amides is 2. The number of nitrogens with two attached hydrogens (primary N) is 1. The molecule has 6 nitrogen and oxygen atoms in total. The summed E-state index contributed by atoms with van der Waals surface area (Å²) in [6, 6.07) is 5.00. The van der Waals surface area contributed by atoms with Crippen LogP contribution in [0.1, 0.15) is 46.7 Å². The van der Waals surface area contributed by atoms with E-state index in [-0.39, 0.29) is 23.6 Å². The highest BCUT2D eigenvalue weighted by atomic mass is 16.2. The standard InChI is InChI=1S/C16H22N4O2/c17-12(11-6-7-11)10-18-15(21)13-4-3-5-14(19-13)16(22)20-8-1-2-9-20/h3-5,11-12H,1-2,6-10,17H2,(H,18,21). The molecule has 3 rings (SSSR count). The summed E-state index contributed by atoms with van der Waals surface area (Å²) in [7, 11) is 0. The fourth-order valence-electron chi connectivity index (χ4n) is 2.75. The minimum absolute atomic E-state index is 0.0124. The molecular formula is C16H22N4O2. The second-order valence-corrected chi connectivity index (χ2v) is 6.12. The van der Waals surface area contributed by atoms with Crippen molar-refractivity contribution in [2.45, 2.75) is 31.7 Å². The molecule has 6 heteroatoms. The summed E-state index contributed by atoms with van der Waals surface area (Å²) in [5, 5.41) is 2.80. The highest BCUT2D eigenvalue weighted by molar-refractivity contribution is 5.96. The van der Waals surface area contributed by atoms with Gasteiger partial charge in [-0.1, -0.05) is 6.07 Å². The van der Waals surface area contributed by atoms with Gasteiger partial charge in [0.25, 0.3) is 11.8 Å². The number of rotatable bonds is 5. The summed E-state index contributed by atoms with van der Waals surface area (Å²) >= 11 is 0. The first kappa shape index (κ1) is 15.0. The fraction of sp³-hybridized carbons (Fsp3) is 0.562. The molecular weight excluding hydrogens is 280 g/mol. The van der Waals surface area contributed by atoms with Crippen LogP contribution in [0.3, 0.4) is 0 Å². The quantitative estimate of drug-likeness (QED) is 0.841. The zero-order chi connectivity index (χ0) is 15.5. The maximum atomic E-state index is 12.3. The third-order valence-corrected chi connectivity index (χ3v) is 4.32. The Kier molecular flexibility index (Phi) is 4.38. The van der Waals surface area contributed by atoms with Crippen LogP contribution in [0.5, 0.6) is 0 Å². The van der Waals surface area contributed by atoms with Crippen LogP contribution in [0.25, 0.3) is 0 Å². The third-order valence-electron chi connectivity index (χ3n) is 4.32. The van der Waals surface area contributed by atoms with Crippen LogP contribution in [0.15, 0.2) is 18.2 Å². The van der Waals surface area contributed by atoms with Crippen LogP contribution in [0.4, 0.5) is 0 Å². The maximum absolute atomic E-state index is 12.3. The van der Waals surface area contributed by atoms with Crippen molar-refractivity contribution < 1.29 is 9.59 Å². The number of nitrogens with one attached hydrogen (secondary N) is 1. The van der Waals surface area contributed by atoms with Gasteiger partial charge in [0.05, 0.1) is 0 Å². The Bertz CT molecular complexity index is 565. The normalized spacial score (nSPS) is 19.0. The Labute approximate surface area is 130 Å². The highest BCUT2D eigenvalue weighted by Gasteiger charge is 2.28. The third kappa shape index (κ3) is 3.44. The lowest BCUT2D eigenvalue weighted by Crippen LogP contribution is -2.39. The van der Waals surface area contributed by atoms with E-state index < -0.39 is 0 Å². The molecule has 2 fully saturated rings. The van der Waals surface area contributed by atoms with Crippen molar-refractivity contribution in [2.75, 3.05) is 19.6 Å². The van der Waals surface area contributed by atoms with E-state index in [0.29, 0.717) is 18.2 Å². The van der Waals surface area contributed by atoms with Crippen LogP contribution in [0, 0.1) is 5.92 Å². The molecule has 118 valence electrons. The van der Waals surface area contributed by atoms with E-state index in [0.717, 1.165) is 38.8 Å². The average molecular weight is 302 g/mol. The van der Waals surface area contributed by atoms with Gasteiger partial charge in [0.1, 0.15) is 11.4 Å². The summed E-state index contributed by atoms with van der Waals surface area (Å²) < 4.78 is 0. The van der Waals surface area contributed by atoms with Gasteiger partial charge < -0.3 is 16.0 Å². The van der Waals surface area contributed by atoms with E-state index in [1.807, 2.05) is 0 Å². The smallest absolute Gasteiger partial charge is 0.272 e. The van der Waals surface area contributed by atoms with Crippen LogP contribution in [-0.4, -0.2) is 47.4 Å². The van der Waals surface area contributed by atoms with Gasteiger partial charge in [-0.25, -0.2) is 4.98 Å². The van der Waals surface area contributed by atoms with E-state index >= 15 is 0 Å². The molecule has 22 heavy (non-hydrogen) atoms. The second-order valence-electron chi connectivity index (χ2n) is 6.12. The summed E-state index contributed by atoms with van der Waals surface area (Å²) in [6.45, 7) is 2.00. The Morgan fingerprint density at radius 2 is 1.95 bits per heavy atom. The average Bonchev–Trinajstić information content (AvgIpc) is 3.26. The molecule has 0 spiro atoms. The first-order chi connectivity index (χ1) is 10.6. The van der Waals surface area contributed by atoms with Gasteiger partial charge in [0.2, 0.25) is 0 Å². The summed E-state index contributed by atoms with van der Waals surface area (Å²) in [6.07, 6.45) is 4.36. The number of hydrogen-bond donors (Lipinski definition) is 2. The Hall–Kier alpha value is -1.95. The largest absolute Gasteiger partial charge is 0.349 e. The lowest BCUT2D eigenvalue weighted by atomic mass is 10.2. The fourth-order valence-corrected chi connectivity index (χ4v) is 2.75. The minimum Gasteiger partial charge on any atom is -0.349 e. The lowest BCUT2D eigenvalue weighted by molar-refractivity contribution is 0.0787. The molecule has 1 saturated heterocycles. The molecule has 1 saturated carbocycles. The van der Waals surface area contributed by atoms with Gasteiger partial charge in [0.15, 0.2) is 0 Å². The molecule has 2 heterocycles. The molecule has 1 aliphatic carbocycles. The number of nitrogens with zero attached hydrogens (tertiary/aromatic N) is 2. The molecule has 2 amide bonds. The van der Waals surface area contributed by atoms with Gasteiger partial charge in [-0.15, -0.1) is 0 Å². The molecule has 0 radical (unpaired) electrons. The van der Waals surface area contributed by atoms with Gasteiger partial charge in [0, 0.05) is 25.7 Å². The number of likely N-dealkylation sites (tertiary alicyclic amines) is 1. The number of pyridine rings is 1. The number of carbonyl (C=O) groups excluding carboxylic acids is 2. The Balaban J connectivity index is 1.62. The van der Waals surface area contributed by atoms with E-state index in [1.54, 1.807) is 23.1 Å². The van der Waals surface area contributed by atoms with Gasteiger partial charge >= 0.3 is 0 Å².